The van der Waals surface area contributed by atoms with Gasteiger partial charge in [-0.2, -0.15) is 0 Å². The first-order valence-electron chi connectivity index (χ1n) is 6.85. The van der Waals surface area contributed by atoms with Crippen molar-refractivity contribution in [1.82, 2.24) is 5.32 Å². The second-order valence-corrected chi connectivity index (χ2v) is 6.53. The van der Waals surface area contributed by atoms with E-state index in [-0.39, 0.29) is 5.54 Å². The third-order valence-corrected chi connectivity index (χ3v) is 3.22. The predicted molar refractivity (Wildman–Crippen MR) is 83.1 cm³/mol. The minimum atomic E-state index is -0.500. The van der Waals surface area contributed by atoms with E-state index in [0.29, 0.717) is 0 Å². The van der Waals surface area contributed by atoms with Crippen LogP contribution in [-0.4, -0.2) is 18.7 Å². The third kappa shape index (κ3) is 4.53. The standard InChI is InChI=1S/C16H26N2O2/c1-11-8-9-12(16(5,6)17-7)10-13(11)18-14(19)20-15(2,3)4/h8-10,17H,1-7H3,(H,18,19). The van der Waals surface area contributed by atoms with Crippen molar-refractivity contribution in [2.45, 2.75) is 52.7 Å². The van der Waals surface area contributed by atoms with Crippen LogP contribution in [0.3, 0.4) is 0 Å². The van der Waals surface area contributed by atoms with Gasteiger partial charge in [0.25, 0.3) is 0 Å². The van der Waals surface area contributed by atoms with Gasteiger partial charge >= 0.3 is 6.09 Å². The van der Waals surface area contributed by atoms with Crippen LogP contribution in [-0.2, 0) is 10.3 Å². The molecule has 0 aliphatic heterocycles. The molecule has 0 fully saturated rings. The summed E-state index contributed by atoms with van der Waals surface area (Å²) in [7, 11) is 1.92. The van der Waals surface area contributed by atoms with E-state index in [2.05, 4.69) is 30.5 Å². The van der Waals surface area contributed by atoms with Crippen molar-refractivity contribution in [3.05, 3.63) is 29.3 Å². The molecule has 0 saturated carbocycles. The van der Waals surface area contributed by atoms with E-state index in [1.807, 2.05) is 46.9 Å². The van der Waals surface area contributed by atoms with Crippen LogP contribution in [0.15, 0.2) is 18.2 Å². The summed E-state index contributed by atoms with van der Waals surface area (Å²) in [6, 6.07) is 6.04. The van der Waals surface area contributed by atoms with Gasteiger partial charge in [0.05, 0.1) is 0 Å². The van der Waals surface area contributed by atoms with Crippen molar-refractivity contribution in [1.29, 1.82) is 0 Å². The molecule has 0 aromatic heterocycles. The van der Waals surface area contributed by atoms with E-state index < -0.39 is 11.7 Å². The molecular formula is C16H26N2O2. The summed E-state index contributed by atoms with van der Waals surface area (Å²) in [6.45, 7) is 11.7. The first-order chi connectivity index (χ1) is 9.05. The molecule has 1 aromatic rings. The summed E-state index contributed by atoms with van der Waals surface area (Å²) in [4.78, 5) is 11.9. The van der Waals surface area contributed by atoms with Gasteiger partial charge in [0.2, 0.25) is 0 Å². The fraction of sp³-hybridized carbons (Fsp3) is 0.562. The van der Waals surface area contributed by atoms with Gasteiger partial charge in [-0.3, -0.25) is 5.32 Å². The highest BCUT2D eigenvalue weighted by atomic mass is 16.6. The van der Waals surface area contributed by atoms with Crippen molar-refractivity contribution in [2.24, 2.45) is 0 Å². The second-order valence-electron chi connectivity index (χ2n) is 6.53. The lowest BCUT2D eigenvalue weighted by Gasteiger charge is -2.26. The lowest BCUT2D eigenvalue weighted by Crippen LogP contribution is -2.33. The molecule has 0 spiro atoms. The van der Waals surface area contributed by atoms with Gasteiger partial charge in [-0.25, -0.2) is 4.79 Å². The number of carbonyl (C=O) groups excluding carboxylic acids is 1. The summed E-state index contributed by atoms with van der Waals surface area (Å²) in [6.07, 6.45) is -0.431. The van der Waals surface area contributed by atoms with Gasteiger partial charge in [-0.05, 0) is 65.8 Å². The Hall–Kier alpha value is -1.55. The lowest BCUT2D eigenvalue weighted by atomic mass is 9.93. The largest absolute Gasteiger partial charge is 0.444 e. The van der Waals surface area contributed by atoms with E-state index in [1.54, 1.807) is 0 Å². The number of ether oxygens (including phenoxy) is 1. The first-order valence-corrected chi connectivity index (χ1v) is 6.85. The molecule has 1 aromatic carbocycles. The van der Waals surface area contributed by atoms with Crippen LogP contribution < -0.4 is 10.6 Å². The number of amides is 1. The van der Waals surface area contributed by atoms with Crippen molar-refractivity contribution in [2.75, 3.05) is 12.4 Å². The zero-order valence-corrected chi connectivity index (χ0v) is 13.5. The molecule has 0 saturated heterocycles. The maximum Gasteiger partial charge on any atom is 0.412 e. The molecular weight excluding hydrogens is 252 g/mol. The fourth-order valence-electron chi connectivity index (χ4n) is 1.70. The summed E-state index contributed by atoms with van der Waals surface area (Å²) in [5.41, 5.74) is 2.24. The second kappa shape index (κ2) is 5.83. The van der Waals surface area contributed by atoms with Gasteiger partial charge in [0, 0.05) is 11.2 Å². The number of anilines is 1. The van der Waals surface area contributed by atoms with E-state index in [0.717, 1.165) is 16.8 Å². The molecule has 4 nitrogen and oxygen atoms in total. The third-order valence-electron chi connectivity index (χ3n) is 3.22. The fourth-order valence-corrected chi connectivity index (χ4v) is 1.70. The maximum absolute atomic E-state index is 11.9. The van der Waals surface area contributed by atoms with Gasteiger partial charge in [0.1, 0.15) is 5.60 Å². The number of benzene rings is 1. The van der Waals surface area contributed by atoms with Gasteiger partial charge < -0.3 is 10.1 Å². The van der Waals surface area contributed by atoms with E-state index in [4.69, 9.17) is 4.74 Å². The highest BCUT2D eigenvalue weighted by Crippen LogP contribution is 2.25. The zero-order valence-electron chi connectivity index (χ0n) is 13.5. The van der Waals surface area contributed by atoms with Gasteiger partial charge in [-0.15, -0.1) is 0 Å². The highest BCUT2D eigenvalue weighted by molar-refractivity contribution is 5.86. The van der Waals surface area contributed by atoms with Gasteiger partial charge in [0.15, 0.2) is 0 Å². The van der Waals surface area contributed by atoms with Crippen LogP contribution in [0.1, 0.15) is 45.7 Å². The molecule has 1 amide bonds. The average Bonchev–Trinajstić information content (AvgIpc) is 2.29. The Balaban J connectivity index is 2.96. The number of carbonyl (C=O) groups is 1. The van der Waals surface area contributed by atoms with Crippen molar-refractivity contribution >= 4 is 11.8 Å². The summed E-state index contributed by atoms with van der Waals surface area (Å²) >= 11 is 0. The Morgan fingerprint density at radius 1 is 1.15 bits per heavy atom. The van der Waals surface area contributed by atoms with Crippen LogP contribution in [0.25, 0.3) is 0 Å². The Morgan fingerprint density at radius 2 is 1.75 bits per heavy atom. The molecule has 0 bridgehead atoms. The molecule has 0 heterocycles. The van der Waals surface area contributed by atoms with Crippen molar-refractivity contribution in [3.63, 3.8) is 0 Å². The van der Waals surface area contributed by atoms with E-state index >= 15 is 0 Å². The topological polar surface area (TPSA) is 50.4 Å². The molecule has 4 heteroatoms. The molecule has 0 unspecified atom stereocenters. The Labute approximate surface area is 121 Å². The van der Waals surface area contributed by atoms with E-state index in [9.17, 15) is 4.79 Å². The molecule has 0 atom stereocenters. The van der Waals surface area contributed by atoms with E-state index in [1.165, 1.54) is 0 Å². The number of hydrogen-bond acceptors (Lipinski definition) is 3. The minimum Gasteiger partial charge on any atom is -0.444 e. The average molecular weight is 278 g/mol. The zero-order chi connectivity index (χ0) is 15.6. The monoisotopic (exact) mass is 278 g/mol. The summed E-state index contributed by atoms with van der Waals surface area (Å²) in [5, 5.41) is 6.07. The smallest absolute Gasteiger partial charge is 0.412 e. The Morgan fingerprint density at radius 3 is 2.25 bits per heavy atom. The molecule has 2 N–H and O–H groups in total. The number of rotatable bonds is 3. The predicted octanol–water partition coefficient (Wildman–Crippen LogP) is 3.80. The lowest BCUT2D eigenvalue weighted by molar-refractivity contribution is 0.0636. The van der Waals surface area contributed by atoms with Crippen LogP contribution in [0.2, 0.25) is 0 Å². The van der Waals surface area contributed by atoms with Crippen LogP contribution >= 0.6 is 0 Å². The molecule has 112 valence electrons. The molecule has 1 rings (SSSR count). The number of hydrogen-bond donors (Lipinski definition) is 2. The summed E-state index contributed by atoms with van der Waals surface area (Å²) in [5.74, 6) is 0. The van der Waals surface area contributed by atoms with Crippen molar-refractivity contribution < 1.29 is 9.53 Å². The summed E-state index contributed by atoms with van der Waals surface area (Å²) < 4.78 is 5.28. The van der Waals surface area contributed by atoms with Crippen LogP contribution in [0.5, 0.6) is 0 Å². The minimum absolute atomic E-state index is 0.155. The quantitative estimate of drug-likeness (QED) is 0.884. The molecule has 20 heavy (non-hydrogen) atoms. The molecule has 0 radical (unpaired) electrons. The van der Waals surface area contributed by atoms with Crippen molar-refractivity contribution in [3.8, 4) is 0 Å². The number of aryl methyl sites for hydroxylation is 1. The maximum atomic E-state index is 11.9. The molecule has 0 aliphatic carbocycles. The van der Waals surface area contributed by atoms with Gasteiger partial charge in [-0.1, -0.05) is 12.1 Å². The SMILES string of the molecule is CNC(C)(C)c1ccc(C)c(NC(=O)OC(C)(C)C)c1. The van der Waals surface area contributed by atoms with Crippen LogP contribution in [0, 0.1) is 6.92 Å². The normalized spacial score (nSPS) is 12.2. The Bertz CT molecular complexity index is 488. The number of nitrogens with one attached hydrogen (secondary N) is 2. The molecule has 0 aliphatic rings. The Kier molecular flexibility index (Phi) is 4.81. The van der Waals surface area contributed by atoms with Crippen LogP contribution in [0.4, 0.5) is 10.5 Å². The highest BCUT2D eigenvalue weighted by Gasteiger charge is 2.20. The first kappa shape index (κ1) is 16.5.